The summed E-state index contributed by atoms with van der Waals surface area (Å²) >= 11 is 0. The normalized spacial score (nSPS) is 13.2. The van der Waals surface area contributed by atoms with E-state index in [0.29, 0.717) is 0 Å². The van der Waals surface area contributed by atoms with Crippen molar-refractivity contribution in [3.8, 4) is 0 Å². The number of nitrogens with zero attached hydrogens (tertiary/aromatic N) is 2. The van der Waals surface area contributed by atoms with E-state index in [9.17, 15) is 14.9 Å². The van der Waals surface area contributed by atoms with Gasteiger partial charge >= 0.3 is 6.03 Å². The van der Waals surface area contributed by atoms with Gasteiger partial charge in [0.2, 0.25) is 0 Å². The first kappa shape index (κ1) is 18.9. The van der Waals surface area contributed by atoms with Gasteiger partial charge in [-0.3, -0.25) is 10.1 Å². The third kappa shape index (κ3) is 5.88. The number of unbranched alkanes of at least 4 members (excludes halogenated alkanes) is 2. The first-order valence-electron chi connectivity index (χ1n) is 8.14. The second-order valence-corrected chi connectivity index (χ2v) is 5.99. The Hall–Kier alpha value is -2.11. The van der Waals surface area contributed by atoms with Crippen LogP contribution >= 0.6 is 0 Å². The molecule has 2 atom stereocenters. The molecule has 0 bridgehead atoms. The van der Waals surface area contributed by atoms with E-state index in [2.05, 4.69) is 12.2 Å². The summed E-state index contributed by atoms with van der Waals surface area (Å²) in [5, 5.41) is 13.8. The van der Waals surface area contributed by atoms with Crippen LogP contribution < -0.4 is 5.32 Å². The number of carbonyl (C=O) groups excluding carboxylic acids is 1. The lowest BCUT2D eigenvalue weighted by atomic mass is 10.1. The summed E-state index contributed by atoms with van der Waals surface area (Å²) in [5.41, 5.74) is 0.784. The van der Waals surface area contributed by atoms with Crippen LogP contribution in [0.5, 0.6) is 0 Å². The zero-order chi connectivity index (χ0) is 17.4. The third-order valence-electron chi connectivity index (χ3n) is 4.08. The summed E-state index contributed by atoms with van der Waals surface area (Å²) in [6.45, 7) is 6.01. The molecule has 6 heteroatoms. The van der Waals surface area contributed by atoms with Gasteiger partial charge in [0.25, 0.3) is 5.69 Å². The fraction of sp³-hybridized carbons (Fsp3) is 0.588. The summed E-state index contributed by atoms with van der Waals surface area (Å²) < 4.78 is 0. The van der Waals surface area contributed by atoms with Gasteiger partial charge in [-0.05, 0) is 25.8 Å². The van der Waals surface area contributed by atoms with Crippen molar-refractivity contribution in [2.75, 3.05) is 7.05 Å². The van der Waals surface area contributed by atoms with E-state index < -0.39 is 4.92 Å². The van der Waals surface area contributed by atoms with Gasteiger partial charge < -0.3 is 10.2 Å². The minimum Gasteiger partial charge on any atom is -0.336 e. The standard InChI is InChI=1S/C17H27N3O3/c1-5-6-7-9-13(2)18-17(21)19(4)14(3)15-10-8-11-16(12-15)20(22)23/h8,10-14H,5-7,9H2,1-4H3,(H,18,21)/t13-,14+/m1/s1. The highest BCUT2D eigenvalue weighted by molar-refractivity contribution is 5.74. The second kappa shape index (κ2) is 9.12. The fourth-order valence-corrected chi connectivity index (χ4v) is 2.38. The van der Waals surface area contributed by atoms with Crippen molar-refractivity contribution in [3.63, 3.8) is 0 Å². The van der Waals surface area contributed by atoms with Gasteiger partial charge in [0.1, 0.15) is 0 Å². The van der Waals surface area contributed by atoms with Crippen LogP contribution in [0.1, 0.15) is 58.1 Å². The van der Waals surface area contributed by atoms with E-state index in [1.54, 1.807) is 24.1 Å². The van der Waals surface area contributed by atoms with Gasteiger partial charge in [-0.15, -0.1) is 0 Å². The Kier molecular flexibility index (Phi) is 7.51. The number of benzene rings is 1. The fourth-order valence-electron chi connectivity index (χ4n) is 2.38. The molecule has 6 nitrogen and oxygen atoms in total. The first-order chi connectivity index (χ1) is 10.9. The lowest BCUT2D eigenvalue weighted by molar-refractivity contribution is -0.384. The van der Waals surface area contributed by atoms with E-state index in [1.807, 2.05) is 13.8 Å². The van der Waals surface area contributed by atoms with Crippen LogP contribution in [0.15, 0.2) is 24.3 Å². The Labute approximate surface area is 138 Å². The first-order valence-corrected chi connectivity index (χ1v) is 8.14. The van der Waals surface area contributed by atoms with Gasteiger partial charge in [0, 0.05) is 25.2 Å². The second-order valence-electron chi connectivity index (χ2n) is 5.99. The Bertz CT molecular complexity index is 534. The Morgan fingerprint density at radius 2 is 2.04 bits per heavy atom. The number of urea groups is 1. The van der Waals surface area contributed by atoms with Gasteiger partial charge in [0.15, 0.2) is 0 Å². The molecule has 0 fully saturated rings. The third-order valence-corrected chi connectivity index (χ3v) is 4.08. The molecule has 1 aromatic carbocycles. The zero-order valence-corrected chi connectivity index (χ0v) is 14.4. The molecule has 0 saturated heterocycles. The van der Waals surface area contributed by atoms with Gasteiger partial charge in [0.05, 0.1) is 11.0 Å². The maximum Gasteiger partial charge on any atom is 0.317 e. The SMILES string of the molecule is CCCCC[C@@H](C)NC(=O)N(C)[C@@H](C)c1cccc([N+](=O)[O-])c1. The molecule has 2 amide bonds. The van der Waals surface area contributed by atoms with Crippen molar-refractivity contribution in [3.05, 3.63) is 39.9 Å². The minimum absolute atomic E-state index is 0.0380. The van der Waals surface area contributed by atoms with Crippen molar-refractivity contribution in [2.45, 2.75) is 58.5 Å². The molecule has 0 aliphatic carbocycles. The number of hydrogen-bond acceptors (Lipinski definition) is 3. The van der Waals surface area contributed by atoms with Crippen LogP contribution in [0.3, 0.4) is 0 Å². The van der Waals surface area contributed by atoms with Gasteiger partial charge in [-0.25, -0.2) is 4.79 Å². The number of non-ortho nitro benzene ring substituents is 1. The Morgan fingerprint density at radius 1 is 1.35 bits per heavy atom. The van der Waals surface area contributed by atoms with E-state index >= 15 is 0 Å². The average Bonchev–Trinajstić information content (AvgIpc) is 2.53. The lowest BCUT2D eigenvalue weighted by Crippen LogP contribution is -2.42. The maximum absolute atomic E-state index is 12.3. The molecule has 0 saturated carbocycles. The summed E-state index contributed by atoms with van der Waals surface area (Å²) in [5.74, 6) is 0. The highest BCUT2D eigenvalue weighted by atomic mass is 16.6. The average molecular weight is 321 g/mol. The molecule has 128 valence electrons. The number of amides is 2. The van der Waals surface area contributed by atoms with E-state index in [0.717, 1.165) is 24.8 Å². The highest BCUT2D eigenvalue weighted by Crippen LogP contribution is 2.23. The van der Waals surface area contributed by atoms with E-state index in [4.69, 9.17) is 0 Å². The topological polar surface area (TPSA) is 75.5 Å². The molecular formula is C17H27N3O3. The van der Waals surface area contributed by atoms with Crippen LogP contribution in [-0.2, 0) is 0 Å². The number of nitro groups is 1. The van der Waals surface area contributed by atoms with E-state index in [-0.39, 0.29) is 23.8 Å². The monoisotopic (exact) mass is 321 g/mol. The molecule has 0 aromatic heterocycles. The minimum atomic E-state index is -0.425. The van der Waals surface area contributed by atoms with Crippen molar-refractivity contribution in [1.29, 1.82) is 0 Å². The van der Waals surface area contributed by atoms with E-state index in [1.165, 1.54) is 18.6 Å². The summed E-state index contributed by atoms with van der Waals surface area (Å²) in [6, 6.07) is 6.13. The smallest absolute Gasteiger partial charge is 0.317 e. The van der Waals surface area contributed by atoms with Crippen molar-refractivity contribution >= 4 is 11.7 Å². The molecule has 1 aromatic rings. The number of nitro benzene ring substituents is 1. The van der Waals surface area contributed by atoms with Crippen LogP contribution in [0.4, 0.5) is 10.5 Å². The highest BCUT2D eigenvalue weighted by Gasteiger charge is 2.20. The number of nitrogens with one attached hydrogen (secondary N) is 1. The molecule has 0 heterocycles. The number of carbonyl (C=O) groups is 1. The predicted octanol–water partition coefficient (Wildman–Crippen LogP) is 4.27. The molecule has 0 aliphatic heterocycles. The summed E-state index contributed by atoms with van der Waals surface area (Å²) in [4.78, 5) is 24.3. The maximum atomic E-state index is 12.3. The quantitative estimate of drug-likeness (QED) is 0.441. The van der Waals surface area contributed by atoms with Gasteiger partial charge in [-0.1, -0.05) is 38.3 Å². The lowest BCUT2D eigenvalue weighted by Gasteiger charge is -2.27. The van der Waals surface area contributed by atoms with Crippen LogP contribution in [0, 0.1) is 10.1 Å². The molecule has 23 heavy (non-hydrogen) atoms. The largest absolute Gasteiger partial charge is 0.336 e. The molecular weight excluding hydrogens is 294 g/mol. The molecule has 0 unspecified atom stereocenters. The van der Waals surface area contributed by atoms with Crippen molar-refractivity contribution in [2.24, 2.45) is 0 Å². The number of rotatable bonds is 8. The zero-order valence-electron chi connectivity index (χ0n) is 14.4. The van der Waals surface area contributed by atoms with Gasteiger partial charge in [-0.2, -0.15) is 0 Å². The molecule has 1 rings (SSSR count). The van der Waals surface area contributed by atoms with Crippen LogP contribution in [0.2, 0.25) is 0 Å². The Balaban J connectivity index is 2.64. The summed E-state index contributed by atoms with van der Waals surface area (Å²) in [6.07, 6.45) is 4.38. The predicted molar refractivity (Wildman–Crippen MR) is 91.4 cm³/mol. The molecule has 0 radical (unpaired) electrons. The molecule has 0 aliphatic rings. The molecule has 1 N–H and O–H groups in total. The number of hydrogen-bond donors (Lipinski definition) is 1. The van der Waals surface area contributed by atoms with Crippen molar-refractivity contribution in [1.82, 2.24) is 10.2 Å². The molecule has 0 spiro atoms. The van der Waals surface area contributed by atoms with Crippen LogP contribution in [-0.4, -0.2) is 28.9 Å². The summed E-state index contributed by atoms with van der Waals surface area (Å²) in [7, 11) is 1.71. The van der Waals surface area contributed by atoms with Crippen molar-refractivity contribution < 1.29 is 9.72 Å². The van der Waals surface area contributed by atoms with Crippen LogP contribution in [0.25, 0.3) is 0 Å². The Morgan fingerprint density at radius 3 is 2.65 bits per heavy atom.